The zero-order valence-electron chi connectivity index (χ0n) is 16.8. The molecule has 0 spiro atoms. The average Bonchev–Trinajstić information content (AvgIpc) is 3.23. The molecule has 4 rings (SSSR count). The van der Waals surface area contributed by atoms with E-state index in [1.807, 2.05) is 0 Å². The molecule has 0 nitrogen and oxygen atoms in total. The first kappa shape index (κ1) is 19.4. The van der Waals surface area contributed by atoms with E-state index in [9.17, 15) is 8.78 Å². The van der Waals surface area contributed by atoms with Gasteiger partial charge in [0.15, 0.2) is 11.6 Å². The van der Waals surface area contributed by atoms with Crippen LogP contribution in [0.2, 0.25) is 0 Å². The molecule has 3 fully saturated rings. The Morgan fingerprint density at radius 1 is 0.630 bits per heavy atom. The van der Waals surface area contributed by atoms with Crippen LogP contribution in [0, 0.1) is 35.3 Å². The van der Waals surface area contributed by atoms with Crippen LogP contribution in [-0.2, 0) is 0 Å². The second-order valence-corrected chi connectivity index (χ2v) is 9.79. The Bertz CT molecular complexity index is 588. The van der Waals surface area contributed by atoms with E-state index in [0.29, 0.717) is 5.92 Å². The van der Waals surface area contributed by atoms with E-state index in [1.165, 1.54) is 89.2 Å². The molecule has 3 aliphatic rings. The number of hydrogen-bond acceptors (Lipinski definition) is 0. The second kappa shape index (κ2) is 9.05. The van der Waals surface area contributed by atoms with Crippen LogP contribution in [-0.4, -0.2) is 0 Å². The van der Waals surface area contributed by atoms with Gasteiger partial charge in [0.1, 0.15) is 0 Å². The molecule has 0 saturated heterocycles. The SMILES string of the molecule is Fc1ccc(C2CCC(C3CCC(CCC4CCCC4)CC3)CC2)cc1F. The van der Waals surface area contributed by atoms with E-state index in [0.717, 1.165) is 42.1 Å². The Morgan fingerprint density at radius 2 is 1.19 bits per heavy atom. The van der Waals surface area contributed by atoms with Gasteiger partial charge in [-0.2, -0.15) is 0 Å². The normalized spacial score (nSPS) is 32.7. The molecule has 0 N–H and O–H groups in total. The van der Waals surface area contributed by atoms with Crippen molar-refractivity contribution < 1.29 is 8.78 Å². The maximum atomic E-state index is 13.5. The number of halogens is 2. The maximum absolute atomic E-state index is 13.5. The minimum atomic E-state index is -0.725. The molecule has 1 aromatic rings. The average molecular weight is 375 g/mol. The molecule has 0 unspecified atom stereocenters. The summed E-state index contributed by atoms with van der Waals surface area (Å²) < 4.78 is 26.7. The van der Waals surface area contributed by atoms with Crippen molar-refractivity contribution in [1.82, 2.24) is 0 Å². The van der Waals surface area contributed by atoms with E-state index in [2.05, 4.69) is 0 Å². The summed E-state index contributed by atoms with van der Waals surface area (Å²) in [5.74, 6) is 2.87. The molecule has 3 saturated carbocycles. The third-order valence-electron chi connectivity index (χ3n) is 8.20. The Kier molecular flexibility index (Phi) is 6.50. The van der Waals surface area contributed by atoms with E-state index in [1.54, 1.807) is 6.07 Å². The second-order valence-electron chi connectivity index (χ2n) is 9.79. The standard InChI is InChI=1S/C25H36F2/c26-24-16-15-23(17-25(24)27)22-13-11-21(12-14-22)20-9-7-19(8-10-20)6-5-18-3-1-2-4-18/h15-22H,1-14H2. The lowest BCUT2D eigenvalue weighted by molar-refractivity contribution is 0.153. The molecular formula is C25H36F2. The van der Waals surface area contributed by atoms with Crippen LogP contribution in [0.15, 0.2) is 18.2 Å². The van der Waals surface area contributed by atoms with Gasteiger partial charge >= 0.3 is 0 Å². The van der Waals surface area contributed by atoms with Gasteiger partial charge in [-0.1, -0.05) is 57.4 Å². The summed E-state index contributed by atoms with van der Waals surface area (Å²) in [6.45, 7) is 0. The lowest BCUT2D eigenvalue weighted by Crippen LogP contribution is -2.25. The minimum absolute atomic E-state index is 0.430. The van der Waals surface area contributed by atoms with Crippen molar-refractivity contribution in [2.45, 2.75) is 95.8 Å². The fourth-order valence-electron chi connectivity index (χ4n) is 6.41. The first-order chi connectivity index (χ1) is 13.2. The monoisotopic (exact) mass is 374 g/mol. The number of rotatable bonds is 5. The highest BCUT2D eigenvalue weighted by atomic mass is 19.2. The van der Waals surface area contributed by atoms with Crippen molar-refractivity contribution >= 4 is 0 Å². The van der Waals surface area contributed by atoms with Gasteiger partial charge in [-0.15, -0.1) is 0 Å². The van der Waals surface area contributed by atoms with Crippen molar-refractivity contribution in [3.8, 4) is 0 Å². The van der Waals surface area contributed by atoms with Crippen molar-refractivity contribution in [3.05, 3.63) is 35.4 Å². The molecule has 0 atom stereocenters. The van der Waals surface area contributed by atoms with Gasteiger partial charge in [-0.05, 0) is 85.8 Å². The predicted octanol–water partition coefficient (Wildman–Crippen LogP) is 8.02. The Labute approximate surface area is 164 Å². The quantitative estimate of drug-likeness (QED) is 0.489. The summed E-state index contributed by atoms with van der Waals surface area (Å²) in [6.07, 6.45) is 19.6. The molecule has 1 aromatic carbocycles. The highest BCUT2D eigenvalue weighted by Crippen LogP contribution is 2.45. The van der Waals surface area contributed by atoms with Gasteiger partial charge in [-0.3, -0.25) is 0 Å². The molecule has 0 bridgehead atoms. The minimum Gasteiger partial charge on any atom is -0.204 e. The van der Waals surface area contributed by atoms with Gasteiger partial charge in [0.25, 0.3) is 0 Å². The van der Waals surface area contributed by atoms with Crippen molar-refractivity contribution in [3.63, 3.8) is 0 Å². The first-order valence-corrected chi connectivity index (χ1v) is 11.6. The van der Waals surface area contributed by atoms with Gasteiger partial charge in [0, 0.05) is 0 Å². The lowest BCUT2D eigenvalue weighted by atomic mass is 9.68. The lowest BCUT2D eigenvalue weighted by Gasteiger charge is -2.38. The zero-order chi connectivity index (χ0) is 18.6. The van der Waals surface area contributed by atoms with E-state index in [-0.39, 0.29) is 0 Å². The van der Waals surface area contributed by atoms with Crippen LogP contribution < -0.4 is 0 Å². The fraction of sp³-hybridized carbons (Fsp3) is 0.760. The zero-order valence-corrected chi connectivity index (χ0v) is 16.8. The fourth-order valence-corrected chi connectivity index (χ4v) is 6.41. The summed E-state index contributed by atoms with van der Waals surface area (Å²) in [5, 5.41) is 0. The van der Waals surface area contributed by atoms with Crippen molar-refractivity contribution in [1.29, 1.82) is 0 Å². The molecule has 0 heterocycles. The van der Waals surface area contributed by atoms with Crippen molar-refractivity contribution in [2.24, 2.45) is 23.7 Å². The van der Waals surface area contributed by atoms with Gasteiger partial charge in [0.05, 0.1) is 0 Å². The summed E-state index contributed by atoms with van der Waals surface area (Å²) in [7, 11) is 0. The number of benzene rings is 1. The molecule has 0 aromatic heterocycles. The third kappa shape index (κ3) is 4.93. The largest absolute Gasteiger partial charge is 0.204 e. The van der Waals surface area contributed by atoms with Gasteiger partial charge < -0.3 is 0 Å². The van der Waals surface area contributed by atoms with Crippen LogP contribution in [0.1, 0.15) is 101 Å². The molecule has 0 radical (unpaired) electrons. The molecule has 0 amide bonds. The summed E-state index contributed by atoms with van der Waals surface area (Å²) in [6, 6.07) is 4.51. The van der Waals surface area contributed by atoms with Crippen LogP contribution in [0.25, 0.3) is 0 Å². The Hall–Kier alpha value is -0.920. The third-order valence-corrected chi connectivity index (χ3v) is 8.20. The topological polar surface area (TPSA) is 0 Å². The van der Waals surface area contributed by atoms with Gasteiger partial charge in [-0.25, -0.2) is 8.78 Å². The molecular weight excluding hydrogens is 338 g/mol. The highest BCUT2D eigenvalue weighted by molar-refractivity contribution is 5.22. The molecule has 2 heteroatoms. The van der Waals surface area contributed by atoms with E-state index >= 15 is 0 Å². The molecule has 0 aliphatic heterocycles. The molecule has 27 heavy (non-hydrogen) atoms. The number of hydrogen-bond donors (Lipinski definition) is 0. The van der Waals surface area contributed by atoms with E-state index in [4.69, 9.17) is 0 Å². The van der Waals surface area contributed by atoms with Crippen LogP contribution in [0.5, 0.6) is 0 Å². The van der Waals surface area contributed by atoms with Crippen LogP contribution >= 0.6 is 0 Å². The van der Waals surface area contributed by atoms with Crippen LogP contribution in [0.3, 0.4) is 0 Å². The molecule has 3 aliphatic carbocycles. The van der Waals surface area contributed by atoms with E-state index < -0.39 is 11.6 Å². The maximum Gasteiger partial charge on any atom is 0.159 e. The molecule has 150 valence electrons. The Morgan fingerprint density at radius 3 is 1.78 bits per heavy atom. The predicted molar refractivity (Wildman–Crippen MR) is 108 cm³/mol. The summed E-state index contributed by atoms with van der Waals surface area (Å²) in [4.78, 5) is 0. The first-order valence-electron chi connectivity index (χ1n) is 11.6. The van der Waals surface area contributed by atoms with Crippen LogP contribution in [0.4, 0.5) is 8.78 Å². The van der Waals surface area contributed by atoms with Crippen molar-refractivity contribution in [2.75, 3.05) is 0 Å². The van der Waals surface area contributed by atoms with Gasteiger partial charge in [0.2, 0.25) is 0 Å². The smallest absolute Gasteiger partial charge is 0.159 e. The highest BCUT2D eigenvalue weighted by Gasteiger charge is 2.31. The Balaban J connectivity index is 1.19. The summed E-state index contributed by atoms with van der Waals surface area (Å²) in [5.41, 5.74) is 1.00. The summed E-state index contributed by atoms with van der Waals surface area (Å²) >= 11 is 0.